The zero-order valence-electron chi connectivity index (χ0n) is 11.6. The molecule has 0 fully saturated rings. The molecule has 0 radical (unpaired) electrons. The second kappa shape index (κ2) is 5.85. The van der Waals surface area contributed by atoms with Gasteiger partial charge in [-0.2, -0.15) is 0 Å². The Hall–Kier alpha value is -1.87. The molecule has 1 aromatic heterocycles. The van der Waals surface area contributed by atoms with Gasteiger partial charge in [-0.1, -0.05) is 29.8 Å². The minimum absolute atomic E-state index is 0.130. The molecular weight excluding hydrogens is 238 g/mol. The molecule has 19 heavy (non-hydrogen) atoms. The van der Waals surface area contributed by atoms with E-state index in [9.17, 15) is 4.79 Å². The van der Waals surface area contributed by atoms with Crippen LogP contribution in [0.3, 0.4) is 0 Å². The number of ketones is 1. The molecular formula is C16H19NO2. The molecule has 0 aliphatic rings. The number of likely N-dealkylation sites (N-methyl/N-ethyl adjacent to an activating group) is 1. The quantitative estimate of drug-likeness (QED) is 0.771. The van der Waals surface area contributed by atoms with E-state index in [0.717, 1.165) is 22.6 Å². The van der Waals surface area contributed by atoms with Crippen molar-refractivity contribution in [1.29, 1.82) is 0 Å². The average Bonchev–Trinajstić information content (AvgIpc) is 2.75. The molecule has 0 spiro atoms. The molecule has 0 saturated carbocycles. The van der Waals surface area contributed by atoms with Crippen molar-refractivity contribution in [1.82, 2.24) is 4.90 Å². The number of hydrogen-bond donors (Lipinski definition) is 0. The highest BCUT2D eigenvalue weighted by Gasteiger charge is 2.10. The Kier molecular flexibility index (Phi) is 4.17. The summed E-state index contributed by atoms with van der Waals surface area (Å²) in [6.07, 6.45) is 0. The SMILES string of the molecule is Cc1ccc(C(=O)CN(C)Cc2ccc(C)o2)cc1. The van der Waals surface area contributed by atoms with Crippen molar-refractivity contribution in [3.63, 3.8) is 0 Å². The number of aryl methyl sites for hydroxylation is 2. The smallest absolute Gasteiger partial charge is 0.176 e. The van der Waals surface area contributed by atoms with Gasteiger partial charge in [0, 0.05) is 5.56 Å². The van der Waals surface area contributed by atoms with E-state index in [-0.39, 0.29) is 5.78 Å². The molecule has 1 heterocycles. The monoisotopic (exact) mass is 257 g/mol. The number of carbonyl (C=O) groups is 1. The number of benzene rings is 1. The van der Waals surface area contributed by atoms with Crippen molar-refractivity contribution in [2.24, 2.45) is 0 Å². The highest BCUT2D eigenvalue weighted by Crippen LogP contribution is 2.10. The van der Waals surface area contributed by atoms with Crippen molar-refractivity contribution < 1.29 is 9.21 Å². The van der Waals surface area contributed by atoms with Crippen LogP contribution in [0.2, 0.25) is 0 Å². The minimum atomic E-state index is 0.130. The second-order valence-corrected chi connectivity index (χ2v) is 4.97. The van der Waals surface area contributed by atoms with Gasteiger partial charge in [-0.3, -0.25) is 9.69 Å². The van der Waals surface area contributed by atoms with E-state index in [1.165, 1.54) is 0 Å². The number of furan rings is 1. The van der Waals surface area contributed by atoms with Crippen LogP contribution in [-0.2, 0) is 6.54 Å². The Morgan fingerprint density at radius 3 is 2.37 bits per heavy atom. The van der Waals surface area contributed by atoms with E-state index in [1.807, 2.05) is 62.2 Å². The summed E-state index contributed by atoms with van der Waals surface area (Å²) in [5.41, 5.74) is 1.92. The van der Waals surface area contributed by atoms with Crippen molar-refractivity contribution in [2.75, 3.05) is 13.6 Å². The lowest BCUT2D eigenvalue weighted by atomic mass is 10.1. The van der Waals surface area contributed by atoms with E-state index in [1.54, 1.807) is 0 Å². The minimum Gasteiger partial charge on any atom is -0.465 e. The fraction of sp³-hybridized carbons (Fsp3) is 0.312. The van der Waals surface area contributed by atoms with E-state index in [0.29, 0.717) is 13.1 Å². The molecule has 0 N–H and O–H groups in total. The van der Waals surface area contributed by atoms with Crippen LogP contribution in [0.15, 0.2) is 40.8 Å². The third-order valence-corrected chi connectivity index (χ3v) is 3.01. The van der Waals surface area contributed by atoms with Gasteiger partial charge in [0.15, 0.2) is 5.78 Å². The van der Waals surface area contributed by atoms with Gasteiger partial charge in [-0.05, 0) is 33.0 Å². The van der Waals surface area contributed by atoms with Gasteiger partial charge in [-0.25, -0.2) is 0 Å². The van der Waals surface area contributed by atoms with Gasteiger partial charge < -0.3 is 4.42 Å². The maximum atomic E-state index is 12.1. The summed E-state index contributed by atoms with van der Waals surface area (Å²) < 4.78 is 5.50. The van der Waals surface area contributed by atoms with Crippen LogP contribution in [0.5, 0.6) is 0 Å². The predicted molar refractivity (Wildman–Crippen MR) is 75.3 cm³/mol. The second-order valence-electron chi connectivity index (χ2n) is 4.97. The number of carbonyl (C=O) groups excluding carboxylic acids is 1. The Morgan fingerprint density at radius 2 is 1.79 bits per heavy atom. The summed E-state index contributed by atoms with van der Waals surface area (Å²) in [6.45, 7) is 4.97. The van der Waals surface area contributed by atoms with Gasteiger partial charge in [0.2, 0.25) is 0 Å². The fourth-order valence-electron chi connectivity index (χ4n) is 1.97. The molecule has 0 atom stereocenters. The first-order valence-corrected chi connectivity index (χ1v) is 6.38. The lowest BCUT2D eigenvalue weighted by molar-refractivity contribution is 0.0939. The topological polar surface area (TPSA) is 33.5 Å². The molecule has 1 aromatic carbocycles. The molecule has 2 rings (SSSR count). The van der Waals surface area contributed by atoms with Gasteiger partial charge in [-0.15, -0.1) is 0 Å². The molecule has 3 nitrogen and oxygen atoms in total. The Balaban J connectivity index is 1.93. The summed E-state index contributed by atoms with van der Waals surface area (Å²) in [6, 6.07) is 11.6. The fourth-order valence-corrected chi connectivity index (χ4v) is 1.97. The standard InChI is InChI=1S/C16H19NO2/c1-12-4-7-14(8-5-12)16(18)11-17(3)10-15-9-6-13(2)19-15/h4-9H,10-11H2,1-3H3. The first-order chi connectivity index (χ1) is 9.04. The lowest BCUT2D eigenvalue weighted by Gasteiger charge is -2.14. The van der Waals surface area contributed by atoms with E-state index >= 15 is 0 Å². The number of nitrogens with zero attached hydrogens (tertiary/aromatic N) is 1. The van der Waals surface area contributed by atoms with E-state index < -0.39 is 0 Å². The van der Waals surface area contributed by atoms with Crippen molar-refractivity contribution in [3.05, 3.63) is 59.0 Å². The molecule has 3 heteroatoms. The van der Waals surface area contributed by atoms with E-state index in [2.05, 4.69) is 0 Å². The number of rotatable bonds is 5. The Bertz CT molecular complexity index is 554. The third kappa shape index (κ3) is 3.80. The van der Waals surface area contributed by atoms with Crippen molar-refractivity contribution in [2.45, 2.75) is 20.4 Å². The Labute approximate surface area is 113 Å². The van der Waals surface area contributed by atoms with E-state index in [4.69, 9.17) is 4.42 Å². The van der Waals surface area contributed by atoms with Crippen LogP contribution < -0.4 is 0 Å². The first kappa shape index (κ1) is 13.6. The zero-order chi connectivity index (χ0) is 13.8. The molecule has 0 bridgehead atoms. The highest BCUT2D eigenvalue weighted by molar-refractivity contribution is 5.97. The lowest BCUT2D eigenvalue weighted by Crippen LogP contribution is -2.25. The van der Waals surface area contributed by atoms with Gasteiger partial charge >= 0.3 is 0 Å². The summed E-state index contributed by atoms with van der Waals surface area (Å²) >= 11 is 0. The summed E-state index contributed by atoms with van der Waals surface area (Å²) in [5.74, 6) is 1.91. The average molecular weight is 257 g/mol. The van der Waals surface area contributed by atoms with Gasteiger partial charge in [0.05, 0.1) is 13.1 Å². The van der Waals surface area contributed by atoms with Crippen LogP contribution in [0, 0.1) is 13.8 Å². The molecule has 100 valence electrons. The highest BCUT2D eigenvalue weighted by atomic mass is 16.3. The molecule has 0 saturated heterocycles. The number of Topliss-reactive ketones (excluding diaryl/α,β-unsaturated/α-hetero) is 1. The molecule has 0 aliphatic heterocycles. The Morgan fingerprint density at radius 1 is 1.11 bits per heavy atom. The molecule has 0 amide bonds. The van der Waals surface area contributed by atoms with Crippen LogP contribution in [0.1, 0.15) is 27.4 Å². The van der Waals surface area contributed by atoms with Crippen molar-refractivity contribution in [3.8, 4) is 0 Å². The maximum absolute atomic E-state index is 12.1. The molecule has 2 aromatic rings. The largest absolute Gasteiger partial charge is 0.465 e. The third-order valence-electron chi connectivity index (χ3n) is 3.01. The summed E-state index contributed by atoms with van der Waals surface area (Å²) in [4.78, 5) is 14.0. The number of hydrogen-bond acceptors (Lipinski definition) is 3. The summed E-state index contributed by atoms with van der Waals surface area (Å²) in [5, 5.41) is 0. The predicted octanol–water partition coefficient (Wildman–Crippen LogP) is 3.21. The van der Waals surface area contributed by atoms with Crippen LogP contribution in [0.25, 0.3) is 0 Å². The normalized spacial score (nSPS) is 10.9. The first-order valence-electron chi connectivity index (χ1n) is 6.38. The zero-order valence-corrected chi connectivity index (χ0v) is 11.6. The molecule has 0 aliphatic carbocycles. The van der Waals surface area contributed by atoms with Crippen LogP contribution >= 0.6 is 0 Å². The van der Waals surface area contributed by atoms with Crippen molar-refractivity contribution >= 4 is 5.78 Å². The van der Waals surface area contributed by atoms with Gasteiger partial charge in [0.25, 0.3) is 0 Å². The van der Waals surface area contributed by atoms with Gasteiger partial charge in [0.1, 0.15) is 11.5 Å². The summed E-state index contributed by atoms with van der Waals surface area (Å²) in [7, 11) is 1.92. The van der Waals surface area contributed by atoms with Crippen LogP contribution in [0.4, 0.5) is 0 Å². The molecule has 0 unspecified atom stereocenters. The van der Waals surface area contributed by atoms with Crippen LogP contribution in [-0.4, -0.2) is 24.3 Å². The maximum Gasteiger partial charge on any atom is 0.176 e.